The second-order valence-corrected chi connectivity index (χ2v) is 4.65. The van der Waals surface area contributed by atoms with Gasteiger partial charge < -0.3 is 16.0 Å². The maximum atomic E-state index is 11.8. The molecule has 0 heterocycles. The Morgan fingerprint density at radius 3 is 2.45 bits per heavy atom. The van der Waals surface area contributed by atoms with E-state index < -0.39 is 34.6 Å². The molecule has 1 rings (SSSR count). The quantitative estimate of drug-likeness (QED) is 0.169. The summed E-state index contributed by atoms with van der Waals surface area (Å²) in [5, 5.41) is 0. The van der Waals surface area contributed by atoms with Crippen LogP contribution in [-0.2, 0) is 24.4 Å². The second kappa shape index (κ2) is 6.43. The Balaban J connectivity index is 2.62. The molecule has 0 spiro atoms. The number of nitrogen functional groups attached to an aromatic ring is 1. The van der Waals surface area contributed by atoms with E-state index in [9.17, 15) is 22.6 Å². The van der Waals surface area contributed by atoms with Gasteiger partial charge in [-0.3, -0.25) is 9.68 Å². The van der Waals surface area contributed by atoms with Crippen molar-refractivity contribution in [2.45, 2.75) is 12.5 Å². The summed E-state index contributed by atoms with van der Waals surface area (Å²) in [4.78, 5) is 26.7. The fourth-order valence-electron chi connectivity index (χ4n) is 1.28. The smallest absolute Gasteiger partial charge is 0.360 e. The molecule has 9 nitrogen and oxygen atoms in total. The maximum absolute atomic E-state index is 11.8. The predicted molar refractivity (Wildman–Crippen MR) is 64.7 cm³/mol. The van der Waals surface area contributed by atoms with Gasteiger partial charge in [0.25, 0.3) is 10.4 Å². The first kappa shape index (κ1) is 16.0. The second-order valence-electron chi connectivity index (χ2n) is 3.70. The molecule has 110 valence electrons. The van der Waals surface area contributed by atoms with Crippen molar-refractivity contribution in [1.82, 2.24) is 0 Å². The Morgan fingerprint density at radius 1 is 1.30 bits per heavy atom. The van der Waals surface area contributed by atoms with Crippen LogP contribution in [0.5, 0.6) is 0 Å². The van der Waals surface area contributed by atoms with Crippen molar-refractivity contribution in [3.63, 3.8) is 0 Å². The summed E-state index contributed by atoms with van der Waals surface area (Å²) in [6, 6.07) is 4.62. The largest absolute Gasteiger partial charge is 0.723 e. The lowest BCUT2D eigenvalue weighted by atomic mass is 10.0. The SMILES string of the molecule is Nc1ccccc1C(=O)CC(N)C(=O)OOS(=O)(=O)[O-]. The number of nitrogens with two attached hydrogens (primary N) is 2. The van der Waals surface area contributed by atoms with Crippen LogP contribution in [0.25, 0.3) is 0 Å². The molecule has 1 aromatic carbocycles. The number of carbonyl (C=O) groups is 2. The molecule has 0 radical (unpaired) electrons. The number of benzene rings is 1. The van der Waals surface area contributed by atoms with Gasteiger partial charge in [-0.1, -0.05) is 16.5 Å². The zero-order valence-corrected chi connectivity index (χ0v) is 10.8. The van der Waals surface area contributed by atoms with Crippen molar-refractivity contribution in [2.75, 3.05) is 5.73 Å². The molecule has 0 fully saturated rings. The van der Waals surface area contributed by atoms with Crippen molar-refractivity contribution < 1.29 is 31.8 Å². The van der Waals surface area contributed by atoms with Crippen LogP contribution >= 0.6 is 0 Å². The van der Waals surface area contributed by atoms with Crippen LogP contribution in [0.4, 0.5) is 5.69 Å². The summed E-state index contributed by atoms with van der Waals surface area (Å²) < 4.78 is 33.5. The molecule has 10 heteroatoms. The lowest BCUT2D eigenvalue weighted by Gasteiger charge is -2.11. The topological polar surface area (TPSA) is 162 Å². The van der Waals surface area contributed by atoms with Crippen LogP contribution in [0.1, 0.15) is 16.8 Å². The highest BCUT2D eigenvalue weighted by molar-refractivity contribution is 7.80. The minimum Gasteiger partial charge on any atom is -0.723 e. The van der Waals surface area contributed by atoms with E-state index in [2.05, 4.69) is 9.22 Å². The van der Waals surface area contributed by atoms with Crippen molar-refractivity contribution >= 4 is 27.8 Å². The average Bonchev–Trinajstić information content (AvgIpc) is 2.35. The van der Waals surface area contributed by atoms with Gasteiger partial charge in [-0.2, -0.15) is 0 Å². The lowest BCUT2D eigenvalue weighted by molar-refractivity contribution is -0.216. The number of hydrogen-bond donors (Lipinski definition) is 2. The summed E-state index contributed by atoms with van der Waals surface area (Å²) in [5.74, 6) is -1.91. The van der Waals surface area contributed by atoms with Crippen LogP contribution in [0.15, 0.2) is 24.3 Å². The predicted octanol–water partition coefficient (Wildman–Crippen LogP) is -0.896. The van der Waals surface area contributed by atoms with Crippen LogP contribution in [0.2, 0.25) is 0 Å². The van der Waals surface area contributed by atoms with Gasteiger partial charge in [-0.15, -0.1) is 0 Å². The maximum Gasteiger partial charge on any atom is 0.360 e. The fourth-order valence-corrected chi connectivity index (χ4v) is 1.43. The summed E-state index contributed by atoms with van der Waals surface area (Å²) in [5.41, 5.74) is 11.3. The molecule has 0 aliphatic carbocycles. The Hall–Kier alpha value is -2.01. The molecular formula is C10H11N2O7S-. The van der Waals surface area contributed by atoms with Gasteiger partial charge in [-0.25, -0.2) is 13.2 Å². The van der Waals surface area contributed by atoms with E-state index in [1.54, 1.807) is 12.1 Å². The van der Waals surface area contributed by atoms with E-state index in [1.165, 1.54) is 12.1 Å². The van der Waals surface area contributed by atoms with E-state index in [0.717, 1.165) is 0 Å². The minimum atomic E-state index is -5.19. The van der Waals surface area contributed by atoms with Gasteiger partial charge in [0.15, 0.2) is 5.78 Å². The zero-order valence-electron chi connectivity index (χ0n) is 10.0. The first-order valence-electron chi connectivity index (χ1n) is 5.20. The molecule has 0 amide bonds. The third-order valence-electron chi connectivity index (χ3n) is 2.17. The van der Waals surface area contributed by atoms with Gasteiger partial charge >= 0.3 is 5.97 Å². The Bertz CT molecular complexity index is 614. The van der Waals surface area contributed by atoms with Crippen molar-refractivity contribution in [3.8, 4) is 0 Å². The zero-order chi connectivity index (χ0) is 15.3. The van der Waals surface area contributed by atoms with Gasteiger partial charge in [-0.05, 0) is 12.1 Å². The molecule has 0 aromatic heterocycles. The molecule has 1 aromatic rings. The van der Waals surface area contributed by atoms with Crippen LogP contribution in [0.3, 0.4) is 0 Å². The Morgan fingerprint density at radius 2 is 1.90 bits per heavy atom. The van der Waals surface area contributed by atoms with Crippen molar-refractivity contribution in [3.05, 3.63) is 29.8 Å². The molecule has 20 heavy (non-hydrogen) atoms. The third-order valence-corrected chi connectivity index (χ3v) is 2.40. The van der Waals surface area contributed by atoms with Gasteiger partial charge in [0.1, 0.15) is 6.04 Å². The summed E-state index contributed by atoms with van der Waals surface area (Å²) >= 11 is 0. The lowest BCUT2D eigenvalue weighted by Crippen LogP contribution is -2.35. The van der Waals surface area contributed by atoms with Crippen molar-refractivity contribution in [2.24, 2.45) is 5.73 Å². The molecule has 0 bridgehead atoms. The van der Waals surface area contributed by atoms with Gasteiger partial charge in [0.2, 0.25) is 0 Å². The highest BCUT2D eigenvalue weighted by atomic mass is 32.3. The van der Waals surface area contributed by atoms with Crippen LogP contribution < -0.4 is 11.5 Å². The highest BCUT2D eigenvalue weighted by Gasteiger charge is 2.22. The van der Waals surface area contributed by atoms with E-state index in [4.69, 9.17) is 11.5 Å². The van der Waals surface area contributed by atoms with Gasteiger partial charge in [0.05, 0.1) is 0 Å². The number of hydrogen-bond acceptors (Lipinski definition) is 9. The molecule has 1 atom stereocenters. The minimum absolute atomic E-state index is 0.160. The molecule has 0 aliphatic heterocycles. The third kappa shape index (κ3) is 4.93. The van der Waals surface area contributed by atoms with E-state index in [-0.39, 0.29) is 11.3 Å². The molecule has 0 saturated carbocycles. The standard InChI is InChI=1S/C10H12N2O7S/c11-7-4-2-1-3-6(7)9(13)5-8(12)10(14)18-19-20(15,16)17/h1-4,8H,5,11-12H2,(H,15,16,17)/p-1. The normalized spacial score (nSPS) is 12.7. The molecule has 4 N–H and O–H groups in total. The number of carbonyl (C=O) groups excluding carboxylic acids is 2. The molecule has 0 aliphatic rings. The number of Topliss-reactive ketones (excluding diaryl/α,β-unsaturated/α-hetero) is 1. The van der Waals surface area contributed by atoms with Gasteiger partial charge in [0, 0.05) is 17.7 Å². The summed E-state index contributed by atoms with van der Waals surface area (Å²) in [6.07, 6.45) is -0.491. The molecule has 0 saturated heterocycles. The first-order chi connectivity index (χ1) is 9.20. The first-order valence-corrected chi connectivity index (χ1v) is 6.53. The number of ketones is 1. The average molecular weight is 303 g/mol. The van der Waals surface area contributed by atoms with E-state index in [0.29, 0.717) is 0 Å². The van der Waals surface area contributed by atoms with E-state index in [1.807, 2.05) is 0 Å². The fraction of sp³-hybridized carbons (Fsp3) is 0.200. The molecular weight excluding hydrogens is 292 g/mol. The van der Waals surface area contributed by atoms with E-state index >= 15 is 0 Å². The Labute approximate surface area is 114 Å². The number of para-hydroxylation sites is 1. The monoisotopic (exact) mass is 303 g/mol. The highest BCUT2D eigenvalue weighted by Crippen LogP contribution is 2.13. The van der Waals surface area contributed by atoms with Crippen LogP contribution in [0, 0.1) is 0 Å². The number of rotatable bonds is 6. The number of anilines is 1. The summed E-state index contributed by atoms with van der Waals surface area (Å²) in [6.45, 7) is 0. The molecule has 1 unspecified atom stereocenters. The summed E-state index contributed by atoms with van der Waals surface area (Å²) in [7, 11) is -5.19. The van der Waals surface area contributed by atoms with Crippen molar-refractivity contribution in [1.29, 1.82) is 0 Å². The Kier molecular flexibility index (Phi) is 5.16. The van der Waals surface area contributed by atoms with Crippen LogP contribution in [-0.4, -0.2) is 30.8 Å².